The monoisotopic (exact) mass is 960 g/mol. The van der Waals surface area contributed by atoms with Crippen molar-refractivity contribution in [3.8, 4) is 0 Å². The molecule has 2 aliphatic rings. The van der Waals surface area contributed by atoms with Gasteiger partial charge in [-0.2, -0.15) is 26.3 Å². The van der Waals surface area contributed by atoms with E-state index in [0.29, 0.717) is 16.8 Å². The molecular formula is C46H58F6N10O2S2. The largest absolute Gasteiger partial charge is 0.416 e. The Kier molecular flexibility index (Phi) is 25.2. The van der Waals surface area contributed by atoms with Crippen molar-refractivity contribution in [2.45, 2.75) is 71.6 Å². The van der Waals surface area contributed by atoms with Crippen LogP contribution >= 0.6 is 24.4 Å². The molecule has 2 fully saturated rings. The summed E-state index contributed by atoms with van der Waals surface area (Å²) in [5.74, 6) is 1.03. The maximum Gasteiger partial charge on any atom is 0.416 e. The molecule has 4 aromatic rings. The van der Waals surface area contributed by atoms with Gasteiger partial charge in [0.05, 0.1) is 50.5 Å². The summed E-state index contributed by atoms with van der Waals surface area (Å²) in [6.07, 6.45) is 3.55. The Bertz CT molecular complexity index is 2120. The van der Waals surface area contributed by atoms with Gasteiger partial charge < -0.3 is 31.1 Å². The van der Waals surface area contributed by atoms with Crippen LogP contribution in [-0.4, -0.2) is 89.0 Å². The van der Waals surface area contributed by atoms with Gasteiger partial charge in [0.25, 0.3) is 11.8 Å². The van der Waals surface area contributed by atoms with Crippen LogP contribution in [0.15, 0.2) is 92.0 Å². The number of hydrogen-bond donors (Lipinski definition) is 5. The minimum Gasteiger partial charge on any atom is -0.397 e. The molecule has 12 nitrogen and oxygen atoms in total. The predicted octanol–water partition coefficient (Wildman–Crippen LogP) is 10.0. The highest BCUT2D eigenvalue weighted by molar-refractivity contribution is 7.80. The van der Waals surface area contributed by atoms with Crippen LogP contribution in [-0.2, 0) is 12.4 Å². The number of carbonyl (C=O) groups is 2. The number of nitrogens with one attached hydrogen (secondary N) is 4. The van der Waals surface area contributed by atoms with Gasteiger partial charge in [0.1, 0.15) is 0 Å². The number of hydrogen-bond acceptors (Lipinski definition) is 11. The first-order valence-electron chi connectivity index (χ1n) is 21.2. The lowest BCUT2D eigenvalue weighted by molar-refractivity contribution is -0.138. The number of carbonyl (C=O) groups excluding carboxylic acids is 2. The smallest absolute Gasteiger partial charge is 0.397 e. The van der Waals surface area contributed by atoms with Crippen molar-refractivity contribution in [1.29, 1.82) is 5.41 Å². The standard InChI is InChI=1S/C19H19F3N4OS.C12H15F3N2.C7H6N2OS.C6H15N.C2H3N/c20-19(21,22)14-6-7-16(26-9-2-1-3-10-26)15(11-14)24-18(28)25-17(27)13-5-4-8-23-12-13;13-12(14,15)9-4-5-11(10(16)8-9)17-6-2-1-3-7-17;10-7(9-5-11)6-2-1-3-8-4-6;1-4-7(5-2)6-3;1-2-3/h4-8,11-12H,1-3,9-10H2,(H2,24,25,27,28);4-5,8H,1-3,6-7,16H2;1-5H,(H,9,10,11);4-6H2,1-3H3;3H,1H2. The Hall–Kier alpha value is -5.95. The summed E-state index contributed by atoms with van der Waals surface area (Å²) in [5, 5.41) is 13.4. The van der Waals surface area contributed by atoms with Crippen LogP contribution in [0.4, 0.5) is 49.1 Å². The van der Waals surface area contributed by atoms with Gasteiger partial charge >= 0.3 is 12.4 Å². The van der Waals surface area contributed by atoms with Gasteiger partial charge in [-0.1, -0.05) is 33.0 Å². The Balaban J connectivity index is 0.000000333. The maximum atomic E-state index is 13.2. The summed E-state index contributed by atoms with van der Waals surface area (Å²) in [4.78, 5) is 37.3. The van der Waals surface area contributed by atoms with Crippen LogP contribution < -0.4 is 31.5 Å². The van der Waals surface area contributed by atoms with Crippen LogP contribution in [0, 0.1) is 5.41 Å². The number of alkyl halides is 6. The van der Waals surface area contributed by atoms with Gasteiger partial charge in [-0.3, -0.25) is 30.3 Å². The molecule has 6 rings (SSSR count). The molecule has 4 heterocycles. The molecule has 0 unspecified atom stereocenters. The topological polar surface area (TPSA) is 156 Å². The van der Waals surface area contributed by atoms with Gasteiger partial charge in [0.2, 0.25) is 0 Å². The van der Waals surface area contributed by atoms with E-state index < -0.39 is 29.4 Å². The number of aromatic nitrogens is 2. The lowest BCUT2D eigenvalue weighted by atomic mass is 10.1. The average Bonchev–Trinajstić information content (AvgIpc) is 3.31. The minimum absolute atomic E-state index is 0.0774. The van der Waals surface area contributed by atoms with Crippen LogP contribution in [0.1, 0.15) is 91.1 Å². The van der Waals surface area contributed by atoms with E-state index in [4.69, 9.17) is 23.4 Å². The maximum absolute atomic E-state index is 13.2. The second-order valence-electron chi connectivity index (χ2n) is 14.4. The molecule has 6 N–H and O–H groups in total. The lowest BCUT2D eigenvalue weighted by Crippen LogP contribution is -2.35. The van der Waals surface area contributed by atoms with Crippen molar-refractivity contribution in [2.75, 3.05) is 66.7 Å². The third kappa shape index (κ3) is 20.1. The van der Waals surface area contributed by atoms with Crippen molar-refractivity contribution >= 4 is 75.5 Å². The van der Waals surface area contributed by atoms with Crippen molar-refractivity contribution in [1.82, 2.24) is 25.5 Å². The van der Waals surface area contributed by atoms with Gasteiger partial charge in [-0.15, -0.1) is 0 Å². The van der Waals surface area contributed by atoms with Gasteiger partial charge in [0, 0.05) is 51.0 Å². The van der Waals surface area contributed by atoms with Crippen molar-refractivity contribution < 1.29 is 35.9 Å². The van der Waals surface area contributed by atoms with E-state index in [1.807, 2.05) is 4.90 Å². The van der Waals surface area contributed by atoms with E-state index in [2.05, 4.69) is 75.3 Å². The Morgan fingerprint density at radius 3 is 1.61 bits per heavy atom. The fourth-order valence-corrected chi connectivity index (χ4v) is 6.82. The number of thiocarbonyl (C=S) groups is 2. The van der Waals surface area contributed by atoms with E-state index in [1.165, 1.54) is 62.3 Å². The number of piperidine rings is 2. The van der Waals surface area contributed by atoms with E-state index in [-0.39, 0.29) is 22.4 Å². The van der Waals surface area contributed by atoms with Crippen LogP contribution in [0.25, 0.3) is 0 Å². The van der Waals surface area contributed by atoms with E-state index >= 15 is 0 Å². The van der Waals surface area contributed by atoms with Gasteiger partial charge in [0.15, 0.2) is 5.11 Å². The zero-order valence-corrected chi connectivity index (χ0v) is 38.9. The summed E-state index contributed by atoms with van der Waals surface area (Å²) in [6.45, 7) is 16.3. The molecule has 2 aromatic heterocycles. The number of amides is 2. The molecule has 2 saturated heterocycles. The Labute approximate surface area is 393 Å². The highest BCUT2D eigenvalue weighted by atomic mass is 32.1. The third-order valence-electron chi connectivity index (χ3n) is 9.93. The number of nitrogen functional groups attached to an aromatic ring is 1. The summed E-state index contributed by atoms with van der Waals surface area (Å²) in [6, 6.07) is 13.6. The molecule has 0 bridgehead atoms. The fourth-order valence-electron chi connectivity index (χ4n) is 6.51. The lowest BCUT2D eigenvalue weighted by Gasteiger charge is -2.31. The summed E-state index contributed by atoms with van der Waals surface area (Å²) in [5.41, 5.74) is 8.00. The summed E-state index contributed by atoms with van der Waals surface area (Å²) in [7, 11) is 0. The molecule has 0 aliphatic carbocycles. The van der Waals surface area contributed by atoms with E-state index in [0.717, 1.165) is 88.2 Å². The van der Waals surface area contributed by atoms with Crippen molar-refractivity contribution in [2.24, 2.45) is 0 Å². The number of nitrogens with zero attached hydrogens (tertiary/aromatic N) is 5. The number of rotatable bonds is 9. The molecular weight excluding hydrogens is 903 g/mol. The summed E-state index contributed by atoms with van der Waals surface area (Å²) < 4.78 is 76.9. The van der Waals surface area contributed by atoms with Crippen molar-refractivity contribution in [3.63, 3.8) is 0 Å². The third-order valence-corrected chi connectivity index (χ3v) is 10.2. The quantitative estimate of drug-likeness (QED) is 0.0471. The summed E-state index contributed by atoms with van der Waals surface area (Å²) >= 11 is 9.60. The van der Waals surface area contributed by atoms with Gasteiger partial charge in [-0.25, -0.2) is 0 Å². The highest BCUT2D eigenvalue weighted by Gasteiger charge is 2.32. The number of anilines is 4. The molecule has 20 heteroatoms. The van der Waals surface area contributed by atoms with E-state index in [1.54, 1.807) is 36.3 Å². The molecule has 0 spiro atoms. The van der Waals surface area contributed by atoms with E-state index in [9.17, 15) is 35.9 Å². The Morgan fingerprint density at radius 2 is 1.21 bits per heavy atom. The molecule has 2 amide bonds. The molecule has 2 aliphatic heterocycles. The second kappa shape index (κ2) is 29.6. The van der Waals surface area contributed by atoms with Gasteiger partial charge in [-0.05, 0) is 143 Å². The molecule has 0 saturated carbocycles. The molecule has 2 aromatic carbocycles. The van der Waals surface area contributed by atoms with Crippen LogP contribution in [0.2, 0.25) is 0 Å². The first kappa shape index (κ1) is 56.2. The normalized spacial score (nSPS) is 13.2. The van der Waals surface area contributed by atoms with Crippen molar-refractivity contribution in [3.05, 3.63) is 114 Å². The zero-order chi connectivity index (χ0) is 49.1. The first-order chi connectivity index (χ1) is 31.4. The first-order valence-corrected chi connectivity index (χ1v) is 22.1. The number of nitrogens with two attached hydrogens (primary N) is 1. The minimum atomic E-state index is -4.47. The highest BCUT2D eigenvalue weighted by Crippen LogP contribution is 2.37. The molecule has 358 valence electrons. The zero-order valence-electron chi connectivity index (χ0n) is 37.3. The predicted molar refractivity (Wildman–Crippen MR) is 260 cm³/mol. The SMILES string of the molecule is C=C=N.CCN(CC)CC.Nc1cc(C(F)(F)F)ccc1N1CCCCC1.O=C(NC(=S)Nc1cc(C(F)(F)F)ccc1N1CCCCC1)c1cccnc1.O=C(NC=S)c1cccnc1. The molecule has 66 heavy (non-hydrogen) atoms. The average molecular weight is 961 g/mol. The molecule has 0 atom stereocenters. The molecule has 0 radical (unpaired) electrons. The van der Waals surface area contributed by atoms with Crippen LogP contribution in [0.5, 0.6) is 0 Å². The number of benzene rings is 2. The fraction of sp³-hybridized carbons (Fsp3) is 0.391. The Morgan fingerprint density at radius 1 is 0.773 bits per heavy atom. The number of pyridine rings is 2. The second-order valence-corrected chi connectivity index (χ2v) is 15.0. The van der Waals surface area contributed by atoms with Crippen LogP contribution in [0.3, 0.4) is 0 Å². The number of halogens is 6.